The summed E-state index contributed by atoms with van der Waals surface area (Å²) in [6, 6.07) is 65.7. The van der Waals surface area contributed by atoms with E-state index in [1.165, 1.54) is 47.1 Å². The minimum Gasteiger partial charge on any atom is -0.575 e. The average molecular weight is 2010 g/mol. The maximum atomic E-state index is 12.8. The fourth-order valence-corrected chi connectivity index (χ4v) is 17.9. The second-order valence-corrected chi connectivity index (χ2v) is 34.5. The Hall–Kier alpha value is -10.4. The molecule has 0 N–H and O–H groups in total. The zero-order chi connectivity index (χ0) is 82.1. The van der Waals surface area contributed by atoms with Crippen LogP contribution in [-0.4, -0.2) is 110 Å². The number of pyridine rings is 6. The molecule has 0 spiro atoms. The molecule has 0 saturated carbocycles. The van der Waals surface area contributed by atoms with E-state index in [-0.39, 0.29) is 123 Å². The van der Waals surface area contributed by atoms with E-state index in [1.807, 2.05) is 97.1 Å². The molecule has 19 rings (SSSR count). The third-order valence-electron chi connectivity index (χ3n) is 17.8. The van der Waals surface area contributed by atoms with Gasteiger partial charge in [-0.1, -0.05) is 186 Å². The monoisotopic (exact) mass is 2000 g/mol. The van der Waals surface area contributed by atoms with Gasteiger partial charge in [0.15, 0.2) is 15.7 Å². The smallest absolute Gasteiger partial charge is 0.258 e. The molecule has 0 radical (unpaired) electrons. The van der Waals surface area contributed by atoms with Crippen molar-refractivity contribution in [3.8, 4) is 11.1 Å². The normalized spacial score (nSPS) is 12.4. The van der Waals surface area contributed by atoms with E-state index in [2.05, 4.69) is 68.6 Å². The predicted octanol–water partition coefficient (Wildman–Crippen LogP) is 18.2. The number of carbonyl (C=O) groups is 2. The number of aryl methyl sites for hydroxylation is 2. The molecule has 10 heterocycles. The van der Waals surface area contributed by atoms with E-state index in [4.69, 9.17) is 23.2 Å². The predicted molar refractivity (Wildman–Crippen MR) is 450 cm³/mol. The molecular formula is C82H55Cl2N16O12S5Zn5-5. The molecule has 0 unspecified atom stereocenters. The van der Waals surface area contributed by atoms with Gasteiger partial charge in [0.1, 0.15) is 35.9 Å². The van der Waals surface area contributed by atoms with Crippen LogP contribution in [0.1, 0.15) is 11.5 Å². The molecule has 2 aliphatic heterocycles. The first-order valence-corrected chi connectivity index (χ1v) is 43.1. The van der Waals surface area contributed by atoms with E-state index in [9.17, 15) is 51.7 Å². The number of amides is 2. The summed E-state index contributed by atoms with van der Waals surface area (Å²) in [5.41, 5.74) is 7.34. The standard InChI is InChI=1S/C19H12N3O4S.C18H12N3O2S.C16H11Cl2N6O2S.C15H9N2O2S.C14H11N2O2S.5Zn/c23-17-10-11-18(24)22(17)14-6-8-15(9-7-14)27(25,26)21-16-5-1-3-13-4-2-12-20-19(13)16;22-24(23,16-10-2-6-14-8-4-12-20-18(14)16)21-15-9-1-5-13-7-3-11-19-17(13)15;1-8-3-14-21-16(22-24(14)9(2)20-8)27(25,26)23-13-6-11(17)4-10-5-12(18)7-19-15(10)13;18-20(19)13-6-2-1-5-11(13)12-8-7-10-4-3-9-16-14(10)15(12)17-20;1-19(17,18)16-13-8-4-7-12-11-6-3-2-5-10(11)9-15-14(12)13;;;;;/h1-12H;1-12H;3-7H,1-2H3;1-9H;2-9H,1H3;;;;;/q5*-1;;;;;. The number of aromatic nitrogens is 10. The van der Waals surface area contributed by atoms with Crippen LogP contribution in [0.5, 0.6) is 0 Å². The number of fused-ring (bicyclic) bond motifs is 13. The minimum absolute atomic E-state index is 0. The van der Waals surface area contributed by atoms with Crippen LogP contribution in [0.2, 0.25) is 10.0 Å². The maximum absolute atomic E-state index is 12.8. The van der Waals surface area contributed by atoms with Crippen molar-refractivity contribution in [3.05, 3.63) is 325 Å². The average Bonchev–Trinajstić information content (AvgIpc) is 0.871. The molecule has 17 aromatic rings. The van der Waals surface area contributed by atoms with E-state index >= 15 is 0 Å². The number of para-hydroxylation sites is 4. The third kappa shape index (κ3) is 20.6. The molecule has 0 atom stereocenters. The van der Waals surface area contributed by atoms with Crippen molar-refractivity contribution in [1.82, 2.24) is 49.5 Å². The van der Waals surface area contributed by atoms with Crippen molar-refractivity contribution in [2.45, 2.75) is 33.7 Å². The molecule has 0 fully saturated rings. The van der Waals surface area contributed by atoms with E-state index < -0.39 is 67.1 Å². The topological polar surface area (TPSA) is 399 Å². The molecule has 28 nitrogen and oxygen atoms in total. The number of carbonyl (C=O) groups excluding carboxylic acids is 2. The Morgan fingerprint density at radius 3 is 1.53 bits per heavy atom. The fourth-order valence-electron chi connectivity index (χ4n) is 12.7. The Kier molecular flexibility index (Phi) is 30.0. The second kappa shape index (κ2) is 39.0. The number of halogens is 2. The Bertz CT molecular complexity index is 7560. The van der Waals surface area contributed by atoms with Crippen LogP contribution in [0, 0.1) is 13.8 Å². The Morgan fingerprint density at radius 1 is 0.410 bits per heavy atom. The van der Waals surface area contributed by atoms with Crippen molar-refractivity contribution in [2.75, 3.05) is 11.2 Å². The first-order chi connectivity index (χ1) is 56.0. The summed E-state index contributed by atoms with van der Waals surface area (Å²) in [7, 11) is -19.2. The Balaban J connectivity index is 0.000000159. The molecule has 8 aromatic heterocycles. The van der Waals surface area contributed by atoms with Crippen molar-refractivity contribution < 1.29 is 149 Å². The summed E-state index contributed by atoms with van der Waals surface area (Å²) in [6.45, 7) is 3.50. The van der Waals surface area contributed by atoms with Crippen molar-refractivity contribution in [1.29, 1.82) is 0 Å². The van der Waals surface area contributed by atoms with Gasteiger partial charge in [-0.2, -0.15) is 9.50 Å². The van der Waals surface area contributed by atoms with Gasteiger partial charge in [-0.25, -0.2) is 52.0 Å². The Labute approximate surface area is 772 Å². The van der Waals surface area contributed by atoms with Crippen molar-refractivity contribution in [3.63, 3.8) is 0 Å². The van der Waals surface area contributed by atoms with Crippen molar-refractivity contribution in [2.24, 2.45) is 0 Å². The zero-order valence-corrected chi connectivity index (χ0v) is 84.9. The first kappa shape index (κ1) is 93.8. The first-order valence-electron chi connectivity index (χ1n) is 34.8. The maximum Gasteiger partial charge on any atom is 0.258 e. The molecule has 122 heavy (non-hydrogen) atoms. The van der Waals surface area contributed by atoms with Crippen LogP contribution in [0.3, 0.4) is 0 Å². The number of sulfonamides is 5. The van der Waals surface area contributed by atoms with Crippen LogP contribution in [-0.2, 0) is 157 Å². The summed E-state index contributed by atoms with van der Waals surface area (Å²) in [5, 5.41) is 11.1. The molecule has 40 heteroatoms. The number of hydrogen-bond donors (Lipinski definition) is 0. The van der Waals surface area contributed by atoms with Gasteiger partial charge in [-0.05, 0) is 119 Å². The molecule has 2 amide bonds. The number of imide groups is 1. The quantitative estimate of drug-likeness (QED) is 0.0623. The largest absolute Gasteiger partial charge is 0.575 e. The molecule has 0 aliphatic carbocycles. The van der Waals surface area contributed by atoms with Crippen LogP contribution in [0.15, 0.2) is 300 Å². The summed E-state index contributed by atoms with van der Waals surface area (Å²) in [6.07, 6.45) is 12.9. The number of hydrogen-bond acceptors (Lipinski definition) is 21. The van der Waals surface area contributed by atoms with Gasteiger partial charge in [-0.3, -0.25) is 39.5 Å². The van der Waals surface area contributed by atoms with Crippen LogP contribution < -0.4 is 4.90 Å². The van der Waals surface area contributed by atoms with Crippen LogP contribution in [0.4, 0.5) is 34.1 Å². The van der Waals surface area contributed by atoms with Gasteiger partial charge in [-0.15, -0.1) is 22.2 Å². The molecule has 594 valence electrons. The van der Waals surface area contributed by atoms with Gasteiger partial charge < -0.3 is 23.6 Å². The number of rotatable bonds is 12. The second-order valence-electron chi connectivity index (χ2n) is 25.8. The van der Waals surface area contributed by atoms with Gasteiger partial charge in [0.2, 0.25) is 0 Å². The molecule has 9 aromatic carbocycles. The summed E-state index contributed by atoms with van der Waals surface area (Å²) in [4.78, 5) is 58.4. The van der Waals surface area contributed by atoms with Gasteiger partial charge >= 0.3 is 0 Å². The van der Waals surface area contributed by atoms with Gasteiger partial charge in [0, 0.05) is 191 Å². The fraction of sp³-hybridized carbons (Fsp3) is 0.0366. The summed E-state index contributed by atoms with van der Waals surface area (Å²) >= 11 is 12.0. The van der Waals surface area contributed by atoms with Crippen LogP contribution >= 0.6 is 23.2 Å². The van der Waals surface area contributed by atoms with E-state index in [0.29, 0.717) is 94.0 Å². The van der Waals surface area contributed by atoms with E-state index in [1.54, 1.807) is 142 Å². The summed E-state index contributed by atoms with van der Waals surface area (Å²) < 4.78 is 144. The van der Waals surface area contributed by atoms with E-state index in [0.717, 1.165) is 66.6 Å². The zero-order valence-electron chi connectivity index (χ0n) is 64.4. The number of anilines is 1. The Morgan fingerprint density at radius 2 is 0.902 bits per heavy atom. The SMILES string of the molecule is CS(=O)(=O)[N-]c1cccc2c1ncc1ccccc12.Cc1cc2nc(S(=O)(=O)[N-]c3cc(Cl)cc4cc(Cl)cnc34)nn2c(C)n1.O=C1C=CC(=O)N1c1ccc(S(=O)(=O)[N-]c2cccc3cccnc23)cc1.O=S(=O)([N-]c1cccc2cccnc12)c1cccc2cccnc12.O=S1(=O)[N-]c2c(ccc3cccnc23)-c2ccccc21.[Zn].[Zn].[Zn].[Zn].[Zn]. The molecule has 2 aliphatic rings. The van der Waals surface area contributed by atoms with Crippen LogP contribution in [0.25, 0.3) is 117 Å². The van der Waals surface area contributed by atoms with Gasteiger partial charge in [0.25, 0.3) is 17.0 Å². The number of nitrogens with zero attached hydrogens (tertiary/aromatic N) is 16. The number of benzene rings is 9. The van der Waals surface area contributed by atoms with Gasteiger partial charge in [0.05, 0.1) is 68.5 Å². The molecule has 0 saturated heterocycles. The minimum atomic E-state index is -4.20. The summed E-state index contributed by atoms with van der Waals surface area (Å²) in [5.74, 6) is -0.423. The molecule has 0 bridgehead atoms. The third-order valence-corrected chi connectivity index (χ3v) is 23.7. The van der Waals surface area contributed by atoms with Crippen molar-refractivity contribution >= 4 is 201 Å². The molecular weight excluding hydrogens is 1960 g/mol.